The second-order valence-corrected chi connectivity index (χ2v) is 7.00. The average molecular weight is 315 g/mol. The molecule has 2 aromatic rings. The number of nitrogens with one attached hydrogen (secondary N) is 2. The van der Waals surface area contributed by atoms with Crippen molar-refractivity contribution in [2.45, 2.75) is 31.3 Å². The van der Waals surface area contributed by atoms with Gasteiger partial charge in [0.25, 0.3) is 0 Å². The molecule has 0 aliphatic carbocycles. The molecule has 2 N–H and O–H groups in total. The Morgan fingerprint density at radius 1 is 1.40 bits per heavy atom. The van der Waals surface area contributed by atoms with E-state index < -0.39 is 10.0 Å². The summed E-state index contributed by atoms with van der Waals surface area (Å²) in [6.45, 7) is 3.82. The fraction of sp³-hybridized carbons (Fsp3) is 0.417. The van der Waals surface area contributed by atoms with E-state index in [0.29, 0.717) is 17.1 Å². The molecule has 110 valence electrons. The van der Waals surface area contributed by atoms with Crippen LogP contribution in [-0.2, 0) is 23.1 Å². The number of rotatable bonds is 8. The van der Waals surface area contributed by atoms with Crippen molar-refractivity contribution >= 4 is 21.4 Å². The van der Waals surface area contributed by atoms with E-state index in [9.17, 15) is 8.42 Å². The van der Waals surface area contributed by atoms with Gasteiger partial charge in [0.2, 0.25) is 10.0 Å². The van der Waals surface area contributed by atoms with Gasteiger partial charge < -0.3 is 9.84 Å². The molecule has 0 unspecified atom stereocenters. The van der Waals surface area contributed by atoms with Gasteiger partial charge in [0.15, 0.2) is 0 Å². The van der Waals surface area contributed by atoms with Gasteiger partial charge in [0.05, 0.1) is 17.1 Å². The number of hydrogen-bond acceptors (Lipinski definition) is 6. The van der Waals surface area contributed by atoms with Crippen LogP contribution in [0.2, 0.25) is 0 Å². The molecule has 0 amide bonds. The molecule has 2 aromatic heterocycles. The summed E-state index contributed by atoms with van der Waals surface area (Å²) < 4.78 is 31.3. The largest absolute Gasteiger partial charge is 0.364 e. The van der Waals surface area contributed by atoms with Gasteiger partial charge in [-0.15, -0.1) is 11.3 Å². The van der Waals surface area contributed by atoms with Crippen LogP contribution < -0.4 is 10.0 Å². The molecular weight excluding hydrogens is 298 g/mol. The normalized spacial score (nSPS) is 11.8. The minimum atomic E-state index is -3.50. The lowest BCUT2D eigenvalue weighted by molar-refractivity contribution is 0.411. The van der Waals surface area contributed by atoms with Crippen molar-refractivity contribution in [1.82, 2.24) is 15.2 Å². The zero-order valence-corrected chi connectivity index (χ0v) is 12.8. The molecule has 0 bridgehead atoms. The minimum absolute atomic E-state index is 0.123. The highest BCUT2D eigenvalue weighted by atomic mass is 32.2. The highest BCUT2D eigenvalue weighted by Crippen LogP contribution is 2.19. The Hall–Kier alpha value is -1.22. The summed E-state index contributed by atoms with van der Waals surface area (Å²) in [4.78, 5) is 1.29. The van der Waals surface area contributed by atoms with Crippen LogP contribution in [-0.4, -0.2) is 20.1 Å². The topological polar surface area (TPSA) is 84.2 Å². The van der Waals surface area contributed by atoms with E-state index in [1.54, 1.807) is 17.5 Å². The first kappa shape index (κ1) is 15.2. The number of hydrogen-bond donors (Lipinski definition) is 2. The average Bonchev–Trinajstić information content (AvgIpc) is 3.08. The van der Waals surface area contributed by atoms with E-state index in [2.05, 4.69) is 26.6 Å². The third-order valence-electron chi connectivity index (χ3n) is 2.60. The summed E-state index contributed by atoms with van der Waals surface area (Å²) in [5, 5.41) is 8.55. The second-order valence-electron chi connectivity index (χ2n) is 4.24. The molecule has 6 nitrogen and oxygen atoms in total. The summed E-state index contributed by atoms with van der Waals surface area (Å²) in [6, 6.07) is 3.31. The molecule has 20 heavy (non-hydrogen) atoms. The zero-order chi connectivity index (χ0) is 14.4. The lowest BCUT2D eigenvalue weighted by Crippen LogP contribution is -2.23. The van der Waals surface area contributed by atoms with Crippen molar-refractivity contribution in [3.8, 4) is 0 Å². The van der Waals surface area contributed by atoms with Gasteiger partial charge in [-0.25, -0.2) is 13.1 Å². The first-order valence-corrected chi connectivity index (χ1v) is 8.65. The molecule has 2 heterocycles. The van der Waals surface area contributed by atoms with Gasteiger partial charge in [0, 0.05) is 22.9 Å². The quantitative estimate of drug-likeness (QED) is 0.725. The van der Waals surface area contributed by atoms with Gasteiger partial charge in [-0.05, 0) is 19.0 Å². The van der Waals surface area contributed by atoms with E-state index in [0.717, 1.165) is 17.8 Å². The highest BCUT2D eigenvalue weighted by molar-refractivity contribution is 7.89. The molecule has 0 aliphatic heterocycles. The smallest absolute Gasteiger partial charge is 0.241 e. The number of nitrogens with zero attached hydrogens (tertiary/aromatic N) is 1. The molecule has 0 spiro atoms. The van der Waals surface area contributed by atoms with Crippen molar-refractivity contribution < 1.29 is 12.9 Å². The Bertz CT molecular complexity index is 620. The maximum atomic E-state index is 12.1. The van der Waals surface area contributed by atoms with E-state index in [4.69, 9.17) is 0 Å². The molecule has 0 atom stereocenters. The SMILES string of the molecule is CCCNCc1cc(S(=O)(=O)NCc2ccon2)cs1. The highest BCUT2D eigenvalue weighted by Gasteiger charge is 2.16. The summed E-state index contributed by atoms with van der Waals surface area (Å²) in [5.41, 5.74) is 0.550. The van der Waals surface area contributed by atoms with Gasteiger partial charge in [-0.3, -0.25) is 0 Å². The monoisotopic (exact) mass is 315 g/mol. The molecule has 0 aromatic carbocycles. The third-order valence-corrected chi connectivity index (χ3v) is 5.07. The predicted octanol–water partition coefficient (Wildman–Crippen LogP) is 1.71. The third kappa shape index (κ3) is 4.14. The van der Waals surface area contributed by atoms with Crippen molar-refractivity contribution in [2.24, 2.45) is 0 Å². The van der Waals surface area contributed by atoms with Crippen LogP contribution in [0.15, 0.2) is 33.2 Å². The zero-order valence-electron chi connectivity index (χ0n) is 11.1. The van der Waals surface area contributed by atoms with Crippen molar-refractivity contribution in [1.29, 1.82) is 0 Å². The first-order valence-electron chi connectivity index (χ1n) is 6.29. The first-order chi connectivity index (χ1) is 9.62. The van der Waals surface area contributed by atoms with Crippen LogP contribution in [0.4, 0.5) is 0 Å². The number of aromatic nitrogens is 1. The van der Waals surface area contributed by atoms with Crippen LogP contribution in [0.5, 0.6) is 0 Å². The molecule has 8 heteroatoms. The fourth-order valence-corrected chi connectivity index (χ4v) is 3.81. The summed E-state index contributed by atoms with van der Waals surface area (Å²) in [6.07, 6.45) is 2.46. The molecular formula is C12H17N3O3S2. The lowest BCUT2D eigenvalue weighted by Gasteiger charge is -2.02. The fourth-order valence-electron chi connectivity index (χ4n) is 1.56. The number of sulfonamides is 1. The molecule has 2 rings (SSSR count). The Kier molecular flexibility index (Phi) is 5.30. The standard InChI is InChI=1S/C12H17N3O3S2/c1-2-4-13-8-11-6-12(9-19-11)20(16,17)14-7-10-3-5-18-15-10/h3,5-6,9,13-14H,2,4,7-8H2,1H3. The Balaban J connectivity index is 1.95. The summed E-state index contributed by atoms with van der Waals surface area (Å²) in [7, 11) is -3.50. The molecule has 0 saturated carbocycles. The summed E-state index contributed by atoms with van der Waals surface area (Å²) >= 11 is 1.43. The van der Waals surface area contributed by atoms with Gasteiger partial charge in [-0.1, -0.05) is 12.1 Å². The van der Waals surface area contributed by atoms with E-state index in [1.165, 1.54) is 17.6 Å². The van der Waals surface area contributed by atoms with Crippen LogP contribution in [0.25, 0.3) is 0 Å². The maximum Gasteiger partial charge on any atom is 0.241 e. The van der Waals surface area contributed by atoms with E-state index in [1.807, 2.05) is 0 Å². The van der Waals surface area contributed by atoms with E-state index in [-0.39, 0.29) is 6.54 Å². The van der Waals surface area contributed by atoms with Crippen LogP contribution in [0.1, 0.15) is 23.9 Å². The van der Waals surface area contributed by atoms with Gasteiger partial charge in [0.1, 0.15) is 6.26 Å². The molecule has 0 radical (unpaired) electrons. The Labute approximate surface area is 122 Å². The Morgan fingerprint density at radius 2 is 2.25 bits per heavy atom. The van der Waals surface area contributed by atoms with Gasteiger partial charge >= 0.3 is 0 Å². The van der Waals surface area contributed by atoms with E-state index >= 15 is 0 Å². The van der Waals surface area contributed by atoms with Crippen molar-refractivity contribution in [3.63, 3.8) is 0 Å². The summed E-state index contributed by atoms with van der Waals surface area (Å²) in [5.74, 6) is 0. The number of thiophene rings is 1. The van der Waals surface area contributed by atoms with Crippen LogP contribution in [0, 0.1) is 0 Å². The molecule has 0 aliphatic rings. The van der Waals surface area contributed by atoms with Crippen molar-refractivity contribution in [2.75, 3.05) is 6.54 Å². The predicted molar refractivity (Wildman–Crippen MR) is 76.8 cm³/mol. The molecule has 0 saturated heterocycles. The minimum Gasteiger partial charge on any atom is -0.364 e. The Morgan fingerprint density at radius 3 is 2.95 bits per heavy atom. The maximum absolute atomic E-state index is 12.1. The lowest BCUT2D eigenvalue weighted by atomic mass is 10.4. The van der Waals surface area contributed by atoms with Crippen LogP contribution >= 0.6 is 11.3 Å². The van der Waals surface area contributed by atoms with Crippen LogP contribution in [0.3, 0.4) is 0 Å². The van der Waals surface area contributed by atoms with Crippen molar-refractivity contribution in [3.05, 3.63) is 34.3 Å². The molecule has 0 fully saturated rings. The second kappa shape index (κ2) is 6.98. The van der Waals surface area contributed by atoms with Gasteiger partial charge in [-0.2, -0.15) is 0 Å².